The highest BCUT2D eigenvalue weighted by Gasteiger charge is 2.09. The lowest BCUT2D eigenvalue weighted by Gasteiger charge is -2.09. The van der Waals surface area contributed by atoms with E-state index in [0.717, 1.165) is 16.4 Å². The van der Waals surface area contributed by atoms with E-state index in [0.29, 0.717) is 10.6 Å². The molecule has 3 rings (SSSR count). The molecule has 6 nitrogen and oxygen atoms in total. The van der Waals surface area contributed by atoms with Gasteiger partial charge in [-0.05, 0) is 48.2 Å². The third kappa shape index (κ3) is 4.90. The van der Waals surface area contributed by atoms with E-state index in [2.05, 4.69) is 15.8 Å². The fourth-order valence-corrected chi connectivity index (χ4v) is 3.10. The van der Waals surface area contributed by atoms with Crippen LogP contribution in [0.2, 0.25) is 5.02 Å². The molecule has 0 aliphatic carbocycles. The van der Waals surface area contributed by atoms with Crippen LogP contribution in [0.15, 0.2) is 66.1 Å². The Kier molecular flexibility index (Phi) is 6.16. The molecule has 2 amide bonds. The van der Waals surface area contributed by atoms with E-state index in [1.165, 1.54) is 11.8 Å². The van der Waals surface area contributed by atoms with Gasteiger partial charge in [-0.15, -0.1) is 0 Å². The Hall–Kier alpha value is -2.77. The van der Waals surface area contributed by atoms with Crippen molar-refractivity contribution in [3.05, 3.63) is 77.1 Å². The molecule has 0 unspecified atom stereocenters. The van der Waals surface area contributed by atoms with Crippen LogP contribution in [0.3, 0.4) is 0 Å². The summed E-state index contributed by atoms with van der Waals surface area (Å²) in [5, 5.41) is 1.47. The Bertz CT molecular complexity index is 939. The number of rotatable bonds is 5. The number of carbonyl (C=O) groups is 2. The van der Waals surface area contributed by atoms with Crippen molar-refractivity contribution in [2.45, 2.75) is 11.6 Å². The van der Waals surface area contributed by atoms with Gasteiger partial charge in [0.1, 0.15) is 0 Å². The number of benzene rings is 2. The van der Waals surface area contributed by atoms with Gasteiger partial charge in [0.15, 0.2) is 5.16 Å². The minimum atomic E-state index is -0.387. The molecule has 0 saturated carbocycles. The molecule has 3 aromatic rings. The maximum absolute atomic E-state index is 12.2. The summed E-state index contributed by atoms with van der Waals surface area (Å²) in [6, 6.07) is 14.0. The summed E-state index contributed by atoms with van der Waals surface area (Å²) in [4.78, 5) is 28.4. The van der Waals surface area contributed by atoms with Gasteiger partial charge in [-0.3, -0.25) is 25.0 Å². The Morgan fingerprint density at radius 1 is 1.07 bits per heavy atom. The first-order valence-corrected chi connectivity index (χ1v) is 9.68. The van der Waals surface area contributed by atoms with Crippen molar-refractivity contribution in [1.82, 2.24) is 20.4 Å². The van der Waals surface area contributed by atoms with E-state index >= 15 is 0 Å². The lowest BCUT2D eigenvalue weighted by molar-refractivity contribution is -0.121. The molecule has 0 radical (unpaired) electrons. The number of hydrogen-bond donors (Lipinski definition) is 2. The van der Waals surface area contributed by atoms with Crippen molar-refractivity contribution < 1.29 is 9.59 Å². The molecule has 1 aromatic heterocycles. The summed E-state index contributed by atoms with van der Waals surface area (Å²) in [6.07, 6.45) is 5.68. The number of carbonyl (C=O) groups excluding carboxylic acids is 2. The van der Waals surface area contributed by atoms with Crippen molar-refractivity contribution in [1.29, 1.82) is 0 Å². The van der Waals surface area contributed by atoms with Crippen molar-refractivity contribution >= 4 is 35.2 Å². The van der Waals surface area contributed by atoms with Crippen LogP contribution in [0.1, 0.15) is 15.9 Å². The van der Waals surface area contributed by atoms with Crippen LogP contribution in [-0.2, 0) is 11.2 Å². The normalized spacial score (nSPS) is 10.4. The molecule has 0 aliphatic heterocycles. The predicted octanol–water partition coefficient (Wildman–Crippen LogP) is 3.25. The molecule has 2 N–H and O–H groups in total. The lowest BCUT2D eigenvalue weighted by atomic mass is 10.1. The molecule has 0 bridgehead atoms. The highest BCUT2D eigenvalue weighted by molar-refractivity contribution is 7.98. The number of amides is 2. The zero-order chi connectivity index (χ0) is 19.2. The molecule has 0 atom stereocenters. The first-order chi connectivity index (χ1) is 13.1. The molecule has 138 valence electrons. The van der Waals surface area contributed by atoms with Gasteiger partial charge in [0.25, 0.3) is 5.91 Å². The molecule has 27 heavy (non-hydrogen) atoms. The molecule has 0 aliphatic rings. The van der Waals surface area contributed by atoms with Gasteiger partial charge >= 0.3 is 0 Å². The Balaban J connectivity index is 1.56. The second-order valence-corrected chi connectivity index (χ2v) is 6.85. The van der Waals surface area contributed by atoms with Crippen LogP contribution in [0.25, 0.3) is 5.69 Å². The van der Waals surface area contributed by atoms with Crippen molar-refractivity contribution in [2.75, 3.05) is 6.26 Å². The maximum Gasteiger partial charge on any atom is 0.269 e. The van der Waals surface area contributed by atoms with Gasteiger partial charge in [0.05, 0.1) is 6.42 Å². The van der Waals surface area contributed by atoms with E-state index in [1.54, 1.807) is 42.6 Å². The zero-order valence-corrected chi connectivity index (χ0v) is 16.1. The molecule has 0 saturated heterocycles. The molecule has 0 fully saturated rings. The van der Waals surface area contributed by atoms with Crippen LogP contribution in [0.4, 0.5) is 0 Å². The molecule has 2 aromatic carbocycles. The first-order valence-electron chi connectivity index (χ1n) is 8.08. The fraction of sp³-hybridized carbons (Fsp3) is 0.105. The van der Waals surface area contributed by atoms with Crippen LogP contribution >= 0.6 is 23.4 Å². The minimum Gasteiger partial charge on any atom is -0.295 e. The quantitative estimate of drug-likeness (QED) is 0.509. The molecule has 8 heteroatoms. The van der Waals surface area contributed by atoms with E-state index in [9.17, 15) is 9.59 Å². The number of nitrogens with zero attached hydrogens (tertiary/aromatic N) is 2. The summed E-state index contributed by atoms with van der Waals surface area (Å²) in [5.74, 6) is -0.702. The average molecular weight is 401 g/mol. The number of hydrogen-bond acceptors (Lipinski definition) is 4. The van der Waals surface area contributed by atoms with Crippen LogP contribution < -0.4 is 10.9 Å². The third-order valence-electron chi connectivity index (χ3n) is 3.79. The van der Waals surface area contributed by atoms with Gasteiger partial charge in [0, 0.05) is 28.7 Å². The van der Waals surface area contributed by atoms with E-state index in [4.69, 9.17) is 11.6 Å². The maximum atomic E-state index is 12.2. The first kappa shape index (κ1) is 19.0. The summed E-state index contributed by atoms with van der Waals surface area (Å²) >= 11 is 7.35. The van der Waals surface area contributed by atoms with Crippen molar-refractivity contribution in [3.63, 3.8) is 0 Å². The molecular formula is C19H17ClN4O2S. The lowest BCUT2D eigenvalue weighted by Crippen LogP contribution is -2.42. The number of halogens is 1. The van der Waals surface area contributed by atoms with Crippen molar-refractivity contribution in [3.8, 4) is 5.69 Å². The van der Waals surface area contributed by atoms with Crippen molar-refractivity contribution in [2.24, 2.45) is 0 Å². The summed E-state index contributed by atoms with van der Waals surface area (Å²) in [5.41, 5.74) is 6.98. The minimum absolute atomic E-state index is 0.147. The van der Waals surface area contributed by atoms with E-state index in [-0.39, 0.29) is 18.2 Å². The third-order valence-corrected chi connectivity index (χ3v) is 4.71. The van der Waals surface area contributed by atoms with Gasteiger partial charge in [-0.2, -0.15) is 0 Å². The Morgan fingerprint density at radius 3 is 2.44 bits per heavy atom. The number of aromatic nitrogens is 2. The largest absolute Gasteiger partial charge is 0.295 e. The summed E-state index contributed by atoms with van der Waals surface area (Å²) in [7, 11) is 0. The van der Waals surface area contributed by atoms with E-state index in [1.807, 2.05) is 29.2 Å². The van der Waals surface area contributed by atoms with Gasteiger partial charge in [-0.25, -0.2) is 4.98 Å². The number of imidazole rings is 1. The second-order valence-electron chi connectivity index (χ2n) is 5.64. The summed E-state index contributed by atoms with van der Waals surface area (Å²) in [6.45, 7) is 0. The highest BCUT2D eigenvalue weighted by Crippen LogP contribution is 2.18. The van der Waals surface area contributed by atoms with E-state index < -0.39 is 0 Å². The van der Waals surface area contributed by atoms with Gasteiger partial charge in [-0.1, -0.05) is 35.5 Å². The zero-order valence-electron chi connectivity index (χ0n) is 14.5. The fourth-order valence-electron chi connectivity index (χ4n) is 2.44. The number of thioether (sulfide) groups is 1. The topological polar surface area (TPSA) is 76.0 Å². The van der Waals surface area contributed by atoms with Gasteiger partial charge < -0.3 is 0 Å². The molecular weight excluding hydrogens is 384 g/mol. The Labute approximate surface area is 165 Å². The highest BCUT2D eigenvalue weighted by atomic mass is 35.5. The number of hydrazine groups is 1. The molecule has 1 heterocycles. The second kappa shape index (κ2) is 8.75. The predicted molar refractivity (Wildman–Crippen MR) is 106 cm³/mol. The average Bonchev–Trinajstić information content (AvgIpc) is 3.17. The SMILES string of the molecule is CSc1nccn1-c1ccc(C(=O)NNC(=O)Cc2ccc(Cl)cc2)cc1. The monoisotopic (exact) mass is 400 g/mol. The van der Waals surface area contributed by atoms with Crippen LogP contribution in [0, 0.1) is 0 Å². The van der Waals surface area contributed by atoms with Gasteiger partial charge in [0.2, 0.25) is 5.91 Å². The smallest absolute Gasteiger partial charge is 0.269 e. The summed E-state index contributed by atoms with van der Waals surface area (Å²) < 4.78 is 1.93. The number of nitrogens with one attached hydrogen (secondary N) is 2. The van der Waals surface area contributed by atoms with Crippen LogP contribution in [-0.4, -0.2) is 27.6 Å². The van der Waals surface area contributed by atoms with Crippen LogP contribution in [0.5, 0.6) is 0 Å². The standard InChI is InChI=1S/C19H17ClN4O2S/c1-27-19-21-10-11-24(19)16-8-4-14(5-9-16)18(26)23-22-17(25)12-13-2-6-15(20)7-3-13/h2-11H,12H2,1H3,(H,22,25)(H,23,26). The molecule has 0 spiro atoms. The Morgan fingerprint density at radius 2 is 1.78 bits per heavy atom.